The van der Waals surface area contributed by atoms with Gasteiger partial charge in [-0.3, -0.25) is 9.59 Å². The van der Waals surface area contributed by atoms with Gasteiger partial charge >= 0.3 is 5.97 Å². The van der Waals surface area contributed by atoms with Crippen molar-refractivity contribution in [3.63, 3.8) is 0 Å². The van der Waals surface area contributed by atoms with E-state index in [0.29, 0.717) is 16.3 Å². The molecular weight excluding hydrogens is 547 g/mol. The number of phenolic OH excluding ortho intramolecular Hbond substituents is 1. The fourth-order valence-corrected chi connectivity index (χ4v) is 4.34. The molecule has 0 bridgehead atoms. The van der Waals surface area contributed by atoms with Crippen molar-refractivity contribution in [1.82, 2.24) is 4.90 Å². The van der Waals surface area contributed by atoms with Crippen molar-refractivity contribution in [3.05, 3.63) is 92.0 Å². The molecule has 7 nitrogen and oxygen atoms in total. The SMILES string of the molecule is O=C(O)C(c1cccc(O)c1)N1C(=O)c2cc(I)ccc2NC(=O)C1c1ccc(Cl)cc1. The molecule has 1 aliphatic heterocycles. The second-order valence-corrected chi connectivity index (χ2v) is 8.86. The second kappa shape index (κ2) is 8.79. The minimum atomic E-state index is -1.54. The van der Waals surface area contributed by atoms with Crippen LogP contribution in [0.1, 0.15) is 33.6 Å². The Kier molecular flexibility index (Phi) is 6.07. The summed E-state index contributed by atoms with van der Waals surface area (Å²) in [6.45, 7) is 0. The standard InChI is InChI=1S/C23H16ClIN2O5/c24-14-6-4-12(5-7-14)19-21(29)26-18-9-8-15(25)11-17(18)22(30)27(19)20(23(31)32)13-2-1-3-16(28)10-13/h1-11,19-20,28H,(H,26,29)(H,31,32). The van der Waals surface area contributed by atoms with Crippen LogP contribution in [0, 0.1) is 3.57 Å². The van der Waals surface area contributed by atoms with E-state index in [1.807, 2.05) is 22.6 Å². The Hall–Kier alpha value is -3.11. The van der Waals surface area contributed by atoms with E-state index in [1.54, 1.807) is 42.5 Å². The maximum Gasteiger partial charge on any atom is 0.331 e. The maximum absolute atomic E-state index is 13.8. The molecule has 2 amide bonds. The fraction of sp³-hybridized carbons (Fsp3) is 0.0870. The van der Waals surface area contributed by atoms with Crippen LogP contribution in [-0.4, -0.2) is 32.9 Å². The van der Waals surface area contributed by atoms with Crippen molar-refractivity contribution in [1.29, 1.82) is 0 Å². The van der Waals surface area contributed by atoms with Gasteiger partial charge in [-0.15, -0.1) is 0 Å². The number of aliphatic carboxylic acids is 1. The normalized spacial score (nSPS) is 16.7. The molecule has 1 heterocycles. The molecular formula is C23H16ClIN2O5. The van der Waals surface area contributed by atoms with E-state index in [4.69, 9.17) is 11.6 Å². The molecule has 1 aliphatic rings. The van der Waals surface area contributed by atoms with Gasteiger partial charge in [0.05, 0.1) is 11.3 Å². The number of nitrogens with one attached hydrogen (secondary N) is 1. The third-order valence-electron chi connectivity index (χ3n) is 5.11. The van der Waals surface area contributed by atoms with Gasteiger partial charge in [-0.05, 0) is 76.2 Å². The number of carbonyl (C=O) groups is 3. The predicted octanol–water partition coefficient (Wildman–Crippen LogP) is 4.61. The third-order valence-corrected chi connectivity index (χ3v) is 6.04. The van der Waals surface area contributed by atoms with Crippen molar-refractivity contribution in [3.8, 4) is 5.75 Å². The first-order valence-electron chi connectivity index (χ1n) is 9.46. The summed E-state index contributed by atoms with van der Waals surface area (Å²) in [5, 5.41) is 23.3. The van der Waals surface area contributed by atoms with Crippen LogP contribution in [0.25, 0.3) is 0 Å². The van der Waals surface area contributed by atoms with E-state index in [1.165, 1.54) is 24.3 Å². The average Bonchev–Trinajstić information content (AvgIpc) is 2.84. The Morgan fingerprint density at radius 3 is 2.44 bits per heavy atom. The highest BCUT2D eigenvalue weighted by atomic mass is 127. The number of carbonyl (C=O) groups excluding carboxylic acids is 2. The number of anilines is 1. The number of aromatic hydroxyl groups is 1. The lowest BCUT2D eigenvalue weighted by molar-refractivity contribution is -0.144. The zero-order valence-corrected chi connectivity index (χ0v) is 19.2. The number of rotatable bonds is 4. The van der Waals surface area contributed by atoms with E-state index < -0.39 is 29.9 Å². The van der Waals surface area contributed by atoms with E-state index >= 15 is 0 Å². The van der Waals surface area contributed by atoms with E-state index in [2.05, 4.69) is 5.32 Å². The Balaban J connectivity index is 1.97. The van der Waals surface area contributed by atoms with Crippen LogP contribution in [0.4, 0.5) is 5.69 Å². The van der Waals surface area contributed by atoms with E-state index in [-0.39, 0.29) is 16.9 Å². The summed E-state index contributed by atoms with van der Waals surface area (Å²) in [6.07, 6.45) is 0. The molecule has 0 aromatic heterocycles. The zero-order valence-electron chi connectivity index (χ0n) is 16.3. The lowest BCUT2D eigenvalue weighted by atomic mass is 9.97. The summed E-state index contributed by atoms with van der Waals surface area (Å²) < 4.78 is 0.748. The number of carboxylic acid groups (broad SMARTS) is 1. The monoisotopic (exact) mass is 562 g/mol. The number of amides is 2. The molecule has 162 valence electrons. The number of halogens is 2. The molecule has 4 rings (SSSR count). The maximum atomic E-state index is 13.8. The molecule has 32 heavy (non-hydrogen) atoms. The van der Waals surface area contributed by atoms with Crippen molar-refractivity contribution >= 4 is 57.7 Å². The molecule has 0 radical (unpaired) electrons. The molecule has 3 aromatic carbocycles. The van der Waals surface area contributed by atoms with Crippen molar-refractivity contribution in [2.75, 3.05) is 5.32 Å². The summed E-state index contributed by atoms with van der Waals surface area (Å²) in [7, 11) is 0. The Morgan fingerprint density at radius 1 is 1.06 bits per heavy atom. The van der Waals surface area contributed by atoms with Gasteiger partial charge < -0.3 is 20.4 Å². The molecule has 0 saturated carbocycles. The van der Waals surface area contributed by atoms with Gasteiger partial charge in [0.15, 0.2) is 6.04 Å². The highest BCUT2D eigenvalue weighted by Gasteiger charge is 2.44. The Morgan fingerprint density at radius 2 is 1.78 bits per heavy atom. The zero-order chi connectivity index (χ0) is 23.0. The molecule has 9 heteroatoms. The molecule has 0 aliphatic carbocycles. The van der Waals surface area contributed by atoms with E-state index in [9.17, 15) is 24.6 Å². The third kappa shape index (κ3) is 4.15. The number of nitrogens with zero attached hydrogens (tertiary/aromatic N) is 1. The van der Waals surface area contributed by atoms with Gasteiger partial charge in [-0.1, -0.05) is 35.9 Å². The lowest BCUT2D eigenvalue weighted by Crippen LogP contribution is -2.44. The van der Waals surface area contributed by atoms with Gasteiger partial charge in [0, 0.05) is 8.59 Å². The van der Waals surface area contributed by atoms with Crippen LogP contribution in [0.15, 0.2) is 66.7 Å². The smallest absolute Gasteiger partial charge is 0.331 e. The highest BCUT2D eigenvalue weighted by molar-refractivity contribution is 14.1. The number of carboxylic acids is 1. The number of phenols is 1. The number of hydrogen-bond acceptors (Lipinski definition) is 4. The predicted molar refractivity (Wildman–Crippen MR) is 127 cm³/mol. The van der Waals surface area contributed by atoms with Crippen LogP contribution in [0.2, 0.25) is 5.02 Å². The van der Waals surface area contributed by atoms with Crippen LogP contribution in [0.3, 0.4) is 0 Å². The highest BCUT2D eigenvalue weighted by Crippen LogP contribution is 2.38. The topological polar surface area (TPSA) is 107 Å². The summed E-state index contributed by atoms with van der Waals surface area (Å²) >= 11 is 8.04. The van der Waals surface area contributed by atoms with Crippen LogP contribution < -0.4 is 5.32 Å². The average molecular weight is 563 g/mol. The first-order valence-corrected chi connectivity index (χ1v) is 10.9. The minimum Gasteiger partial charge on any atom is -0.508 e. The number of fused-ring (bicyclic) bond motifs is 1. The molecule has 3 N–H and O–H groups in total. The lowest BCUT2D eigenvalue weighted by Gasteiger charge is -2.34. The quantitative estimate of drug-likeness (QED) is 0.403. The summed E-state index contributed by atoms with van der Waals surface area (Å²) in [5.41, 5.74) is 1.02. The van der Waals surface area contributed by atoms with Gasteiger partial charge in [0.2, 0.25) is 0 Å². The first kappa shape index (κ1) is 22.1. The Bertz CT molecular complexity index is 1230. The van der Waals surface area contributed by atoms with Crippen LogP contribution in [0.5, 0.6) is 5.75 Å². The number of benzene rings is 3. The second-order valence-electron chi connectivity index (χ2n) is 7.18. The summed E-state index contributed by atoms with van der Waals surface area (Å²) in [4.78, 5) is 40.6. The van der Waals surface area contributed by atoms with Crippen molar-refractivity contribution in [2.24, 2.45) is 0 Å². The molecule has 2 unspecified atom stereocenters. The molecule has 3 aromatic rings. The number of hydrogen-bond donors (Lipinski definition) is 3. The molecule has 0 fully saturated rings. The van der Waals surface area contributed by atoms with E-state index in [0.717, 1.165) is 8.47 Å². The summed E-state index contributed by atoms with van der Waals surface area (Å²) in [6, 6.07) is 14.1. The fourth-order valence-electron chi connectivity index (χ4n) is 3.73. The molecule has 0 saturated heterocycles. The van der Waals surface area contributed by atoms with Gasteiger partial charge in [0.1, 0.15) is 11.8 Å². The van der Waals surface area contributed by atoms with Crippen molar-refractivity contribution in [2.45, 2.75) is 12.1 Å². The first-order chi connectivity index (χ1) is 15.3. The van der Waals surface area contributed by atoms with Gasteiger partial charge in [-0.2, -0.15) is 0 Å². The van der Waals surface area contributed by atoms with Crippen LogP contribution in [-0.2, 0) is 9.59 Å². The van der Waals surface area contributed by atoms with Gasteiger partial charge in [0.25, 0.3) is 11.8 Å². The largest absolute Gasteiger partial charge is 0.508 e. The summed E-state index contributed by atoms with van der Waals surface area (Å²) in [5.74, 6) is -2.69. The van der Waals surface area contributed by atoms with Crippen molar-refractivity contribution < 1.29 is 24.6 Å². The molecule has 2 atom stereocenters. The van der Waals surface area contributed by atoms with Crippen LogP contribution >= 0.6 is 34.2 Å². The Labute approximate surface area is 201 Å². The van der Waals surface area contributed by atoms with Gasteiger partial charge in [-0.25, -0.2) is 4.79 Å². The minimum absolute atomic E-state index is 0.154. The molecule has 0 spiro atoms.